The van der Waals surface area contributed by atoms with Crippen molar-refractivity contribution in [3.8, 4) is 5.75 Å². The van der Waals surface area contributed by atoms with Crippen molar-refractivity contribution in [3.05, 3.63) is 29.3 Å². The highest BCUT2D eigenvalue weighted by atomic mass is 19.1. The Morgan fingerprint density at radius 1 is 1.22 bits per heavy atom. The van der Waals surface area contributed by atoms with Crippen molar-refractivity contribution in [2.45, 2.75) is 31.7 Å². The molecule has 1 aliphatic carbocycles. The van der Waals surface area contributed by atoms with Crippen LogP contribution in [0.15, 0.2) is 12.1 Å². The molecule has 1 aromatic rings. The highest BCUT2D eigenvalue weighted by Gasteiger charge is 2.26. The van der Waals surface area contributed by atoms with E-state index in [9.17, 15) is 8.78 Å². The van der Waals surface area contributed by atoms with E-state index >= 15 is 0 Å². The first-order valence-corrected chi connectivity index (χ1v) is 6.59. The summed E-state index contributed by atoms with van der Waals surface area (Å²) in [5, 5.41) is 3.26. The Balaban J connectivity index is 1.86. The summed E-state index contributed by atoms with van der Waals surface area (Å²) < 4.78 is 32.8. The normalized spacial score (nSPS) is 23.3. The van der Waals surface area contributed by atoms with Gasteiger partial charge in [0.1, 0.15) is 5.82 Å². The fraction of sp³-hybridized carbons (Fsp3) is 0.571. The molecule has 1 N–H and O–H groups in total. The molecule has 0 bridgehead atoms. The Bertz CT molecular complexity index is 440. The van der Waals surface area contributed by atoms with Crippen LogP contribution in [0.2, 0.25) is 0 Å². The molecule has 1 heterocycles. The first kappa shape index (κ1) is 11.9. The molecule has 0 radical (unpaired) electrons. The number of halogens is 2. The predicted octanol–water partition coefficient (Wildman–Crippen LogP) is 3.18. The lowest BCUT2D eigenvalue weighted by atomic mass is 10.0. The average Bonchev–Trinajstić information content (AvgIpc) is 3.00. The van der Waals surface area contributed by atoms with Gasteiger partial charge in [0, 0.05) is 17.7 Å². The van der Waals surface area contributed by atoms with Gasteiger partial charge in [0.25, 0.3) is 0 Å². The Hall–Kier alpha value is -1.16. The Kier molecular flexibility index (Phi) is 3.20. The van der Waals surface area contributed by atoms with Crippen LogP contribution >= 0.6 is 0 Å². The van der Waals surface area contributed by atoms with Crippen molar-refractivity contribution >= 4 is 0 Å². The standard InChI is InChI=1S/C14H17F2NO/c15-10-6-11(13-2-1-5-17-13)14(12(16)7-10)18-8-9-3-4-9/h6-7,9,13,17H,1-5,8H2. The summed E-state index contributed by atoms with van der Waals surface area (Å²) in [6.07, 6.45) is 4.24. The van der Waals surface area contributed by atoms with Gasteiger partial charge in [-0.1, -0.05) is 0 Å². The second-order valence-electron chi connectivity index (χ2n) is 5.21. The molecule has 1 aliphatic heterocycles. The maximum Gasteiger partial charge on any atom is 0.168 e. The molecule has 0 spiro atoms. The summed E-state index contributed by atoms with van der Waals surface area (Å²) in [7, 11) is 0. The zero-order valence-electron chi connectivity index (χ0n) is 10.2. The molecule has 1 aromatic carbocycles. The third-order valence-corrected chi connectivity index (χ3v) is 3.63. The fourth-order valence-electron chi connectivity index (χ4n) is 2.43. The number of benzene rings is 1. The summed E-state index contributed by atoms with van der Waals surface area (Å²) in [6, 6.07) is 2.32. The molecule has 2 aliphatic rings. The molecule has 1 atom stereocenters. The molecule has 1 saturated heterocycles. The summed E-state index contributed by atoms with van der Waals surface area (Å²) in [5.74, 6) is -0.323. The van der Waals surface area contributed by atoms with Crippen LogP contribution in [0.3, 0.4) is 0 Å². The number of ether oxygens (including phenoxy) is 1. The number of rotatable bonds is 4. The molecule has 4 heteroatoms. The molecule has 1 unspecified atom stereocenters. The van der Waals surface area contributed by atoms with E-state index in [0.717, 1.165) is 38.3 Å². The molecule has 0 amide bonds. The lowest BCUT2D eigenvalue weighted by Crippen LogP contribution is -2.16. The van der Waals surface area contributed by atoms with Crippen molar-refractivity contribution in [2.75, 3.05) is 13.2 Å². The van der Waals surface area contributed by atoms with Crippen LogP contribution < -0.4 is 10.1 Å². The highest BCUT2D eigenvalue weighted by Crippen LogP contribution is 2.36. The molecule has 18 heavy (non-hydrogen) atoms. The second-order valence-corrected chi connectivity index (χ2v) is 5.21. The van der Waals surface area contributed by atoms with Crippen LogP contribution in [0.4, 0.5) is 8.78 Å². The van der Waals surface area contributed by atoms with Crippen molar-refractivity contribution in [1.82, 2.24) is 5.32 Å². The number of hydrogen-bond acceptors (Lipinski definition) is 2. The fourth-order valence-corrected chi connectivity index (χ4v) is 2.43. The molecular formula is C14H17F2NO. The monoisotopic (exact) mass is 253 g/mol. The van der Waals surface area contributed by atoms with E-state index < -0.39 is 11.6 Å². The van der Waals surface area contributed by atoms with Crippen LogP contribution in [0.1, 0.15) is 37.3 Å². The van der Waals surface area contributed by atoms with Gasteiger partial charge >= 0.3 is 0 Å². The molecular weight excluding hydrogens is 236 g/mol. The van der Waals surface area contributed by atoms with E-state index in [4.69, 9.17) is 4.74 Å². The third-order valence-electron chi connectivity index (χ3n) is 3.63. The van der Waals surface area contributed by atoms with Crippen LogP contribution in [-0.2, 0) is 0 Å². The van der Waals surface area contributed by atoms with Crippen molar-refractivity contribution < 1.29 is 13.5 Å². The van der Waals surface area contributed by atoms with Crippen molar-refractivity contribution in [1.29, 1.82) is 0 Å². The van der Waals surface area contributed by atoms with E-state index in [1.165, 1.54) is 6.07 Å². The van der Waals surface area contributed by atoms with E-state index in [0.29, 0.717) is 18.1 Å². The van der Waals surface area contributed by atoms with Gasteiger partial charge in [0.2, 0.25) is 0 Å². The van der Waals surface area contributed by atoms with E-state index in [1.54, 1.807) is 0 Å². The third kappa shape index (κ3) is 2.48. The lowest BCUT2D eigenvalue weighted by Gasteiger charge is -2.17. The van der Waals surface area contributed by atoms with Crippen molar-refractivity contribution in [2.24, 2.45) is 5.92 Å². The summed E-state index contributed by atoms with van der Waals surface area (Å²) in [6.45, 7) is 1.44. The van der Waals surface area contributed by atoms with Gasteiger partial charge in [0.15, 0.2) is 11.6 Å². The van der Waals surface area contributed by atoms with Gasteiger partial charge in [-0.05, 0) is 44.2 Å². The van der Waals surface area contributed by atoms with E-state index in [-0.39, 0.29) is 11.8 Å². The van der Waals surface area contributed by atoms with Gasteiger partial charge in [-0.25, -0.2) is 8.78 Å². The number of hydrogen-bond donors (Lipinski definition) is 1. The van der Waals surface area contributed by atoms with E-state index in [1.807, 2.05) is 0 Å². The summed E-state index contributed by atoms with van der Waals surface area (Å²) in [5.41, 5.74) is 0.630. The Labute approximate surface area is 105 Å². The predicted molar refractivity (Wildman–Crippen MR) is 64.6 cm³/mol. The van der Waals surface area contributed by atoms with Gasteiger partial charge in [-0.3, -0.25) is 0 Å². The molecule has 2 nitrogen and oxygen atoms in total. The molecule has 98 valence electrons. The SMILES string of the molecule is Fc1cc(F)c(OCC2CC2)c(C2CCCN2)c1. The average molecular weight is 253 g/mol. The smallest absolute Gasteiger partial charge is 0.168 e. The largest absolute Gasteiger partial charge is 0.490 e. The minimum absolute atomic E-state index is 0.0180. The lowest BCUT2D eigenvalue weighted by molar-refractivity contribution is 0.278. The van der Waals surface area contributed by atoms with E-state index in [2.05, 4.69) is 5.32 Å². The maximum absolute atomic E-state index is 13.8. The van der Waals surface area contributed by atoms with Crippen molar-refractivity contribution in [3.63, 3.8) is 0 Å². The zero-order chi connectivity index (χ0) is 12.5. The van der Waals surface area contributed by atoms with Crippen LogP contribution in [0, 0.1) is 17.6 Å². The maximum atomic E-state index is 13.8. The number of nitrogens with one attached hydrogen (secondary N) is 1. The molecule has 2 fully saturated rings. The summed E-state index contributed by atoms with van der Waals surface area (Å²) >= 11 is 0. The van der Waals surface area contributed by atoms with Gasteiger partial charge in [-0.2, -0.15) is 0 Å². The van der Waals surface area contributed by atoms with Crippen LogP contribution in [0.25, 0.3) is 0 Å². The van der Waals surface area contributed by atoms with Gasteiger partial charge in [-0.15, -0.1) is 0 Å². The quantitative estimate of drug-likeness (QED) is 0.889. The summed E-state index contributed by atoms with van der Waals surface area (Å²) in [4.78, 5) is 0. The highest BCUT2D eigenvalue weighted by molar-refractivity contribution is 5.38. The minimum Gasteiger partial charge on any atom is -0.490 e. The molecule has 1 saturated carbocycles. The van der Waals surface area contributed by atoms with Gasteiger partial charge < -0.3 is 10.1 Å². The minimum atomic E-state index is -0.584. The van der Waals surface area contributed by atoms with Crippen LogP contribution in [-0.4, -0.2) is 13.2 Å². The second kappa shape index (κ2) is 4.84. The Morgan fingerprint density at radius 2 is 2.06 bits per heavy atom. The Morgan fingerprint density at radius 3 is 2.72 bits per heavy atom. The zero-order valence-corrected chi connectivity index (χ0v) is 10.2. The first-order chi connectivity index (χ1) is 8.74. The molecule has 3 rings (SSSR count). The van der Waals surface area contributed by atoms with Gasteiger partial charge in [0.05, 0.1) is 6.61 Å². The van der Waals surface area contributed by atoms with Crippen LogP contribution in [0.5, 0.6) is 5.75 Å². The topological polar surface area (TPSA) is 21.3 Å². The molecule has 0 aromatic heterocycles. The first-order valence-electron chi connectivity index (χ1n) is 6.59.